The molecule has 0 unspecified atom stereocenters. The van der Waals surface area contributed by atoms with Gasteiger partial charge in [-0.2, -0.15) is 0 Å². The molecule has 0 saturated heterocycles. The molecule has 0 N–H and O–H groups in total. The van der Waals surface area contributed by atoms with Crippen LogP contribution in [0.3, 0.4) is 0 Å². The number of rotatable bonds is 3. The Morgan fingerprint density at radius 1 is 1.20 bits per heavy atom. The molecule has 0 heterocycles. The van der Waals surface area contributed by atoms with Crippen molar-refractivity contribution in [2.75, 3.05) is 0 Å². The minimum atomic E-state index is 0. The highest BCUT2D eigenvalue weighted by atomic mass is 35.5. The van der Waals surface area contributed by atoms with E-state index in [1.807, 2.05) is 26.0 Å². The number of allylic oxidation sites excluding steroid dienone is 2. The summed E-state index contributed by atoms with van der Waals surface area (Å²) in [5.74, 6) is 0.517. The second-order valence-electron chi connectivity index (χ2n) is 3.53. The van der Waals surface area contributed by atoms with Crippen LogP contribution in [0.15, 0.2) is 31.4 Å². The molecule has 15 heavy (non-hydrogen) atoms. The molecule has 0 saturated carbocycles. The Hall–Kier alpha value is -0.793. The average Bonchev–Trinajstić information content (AvgIpc) is 2.16. The van der Waals surface area contributed by atoms with E-state index in [1.54, 1.807) is 0 Å². The molecule has 1 aromatic rings. The zero-order valence-corrected chi connectivity index (χ0v) is 11.0. The van der Waals surface area contributed by atoms with Crippen LogP contribution in [0.4, 0.5) is 0 Å². The van der Waals surface area contributed by atoms with Gasteiger partial charge in [-0.25, -0.2) is 0 Å². The Balaban J connectivity index is 0.00000196. The zero-order valence-electron chi connectivity index (χ0n) is 9.23. The summed E-state index contributed by atoms with van der Waals surface area (Å²) in [5.41, 5.74) is 5.51. The van der Waals surface area contributed by atoms with Gasteiger partial charge in [0.25, 0.3) is 0 Å². The normalized spacial score (nSPS) is 9.27. The Labute approximate surface area is 102 Å². The summed E-state index contributed by atoms with van der Waals surface area (Å²) in [4.78, 5) is 0. The highest BCUT2D eigenvalue weighted by molar-refractivity contribution is 6.17. The van der Waals surface area contributed by atoms with Gasteiger partial charge in [0.2, 0.25) is 0 Å². The summed E-state index contributed by atoms with van der Waals surface area (Å²) in [6.45, 7) is 11.9. The first-order chi connectivity index (χ1) is 6.57. The van der Waals surface area contributed by atoms with Crippen LogP contribution in [0.25, 0.3) is 11.1 Å². The van der Waals surface area contributed by atoms with E-state index in [2.05, 4.69) is 19.2 Å². The van der Waals surface area contributed by atoms with E-state index < -0.39 is 0 Å². The van der Waals surface area contributed by atoms with Gasteiger partial charge < -0.3 is 0 Å². The summed E-state index contributed by atoms with van der Waals surface area (Å²) in [6, 6.07) is 6.10. The number of hydrogen-bond donors (Lipinski definition) is 0. The Bertz CT molecular complexity index is 380. The van der Waals surface area contributed by atoms with Crippen LogP contribution in [0, 0.1) is 0 Å². The summed E-state index contributed by atoms with van der Waals surface area (Å²) in [7, 11) is 0. The van der Waals surface area contributed by atoms with Gasteiger partial charge in [-0.3, -0.25) is 0 Å². The van der Waals surface area contributed by atoms with Gasteiger partial charge in [0, 0.05) is 16.8 Å². The molecule has 78 valence electrons. The molecule has 0 spiro atoms. The lowest BCUT2D eigenvalue weighted by atomic mass is 9.93. The summed E-state index contributed by atoms with van der Waals surface area (Å²) in [5, 5.41) is 0. The van der Waals surface area contributed by atoms with Crippen molar-refractivity contribution >= 4 is 33.7 Å². The Morgan fingerprint density at radius 3 is 2.20 bits per heavy atom. The third kappa shape index (κ3) is 3.08. The van der Waals surface area contributed by atoms with Crippen LogP contribution in [0.2, 0.25) is 0 Å². The van der Waals surface area contributed by atoms with E-state index in [0.29, 0.717) is 5.88 Å². The van der Waals surface area contributed by atoms with Gasteiger partial charge in [0.05, 0.1) is 0 Å². The maximum Gasteiger partial charge on any atom is 0.0480 e. The number of halogens is 1. The van der Waals surface area contributed by atoms with Crippen molar-refractivity contribution in [3.63, 3.8) is 0 Å². The molecule has 4 radical (unpaired) electrons. The van der Waals surface area contributed by atoms with E-state index in [4.69, 9.17) is 11.6 Å². The molecular weight excluding hydrogens is 220 g/mol. The SMILES string of the molecule is C=C(C)c1cccc(CCl)c1C(=C)C.[Si]. The predicted molar refractivity (Wildman–Crippen MR) is 71.2 cm³/mol. The lowest BCUT2D eigenvalue weighted by Crippen LogP contribution is -1.94. The summed E-state index contributed by atoms with van der Waals surface area (Å²) >= 11 is 5.88. The van der Waals surface area contributed by atoms with Crippen molar-refractivity contribution in [2.45, 2.75) is 19.7 Å². The lowest BCUT2D eigenvalue weighted by Gasteiger charge is -2.13. The van der Waals surface area contributed by atoms with Crippen LogP contribution in [0.5, 0.6) is 0 Å². The van der Waals surface area contributed by atoms with Gasteiger partial charge in [0.1, 0.15) is 0 Å². The van der Waals surface area contributed by atoms with Crippen LogP contribution in [-0.4, -0.2) is 11.0 Å². The fourth-order valence-corrected chi connectivity index (χ4v) is 1.79. The third-order valence-electron chi connectivity index (χ3n) is 2.18. The van der Waals surface area contributed by atoms with E-state index in [9.17, 15) is 0 Å². The minimum absolute atomic E-state index is 0. The highest BCUT2D eigenvalue weighted by Crippen LogP contribution is 2.27. The van der Waals surface area contributed by atoms with Crippen LogP contribution in [-0.2, 0) is 5.88 Å². The molecule has 0 aliphatic heterocycles. The molecular formula is C13H15ClSi. The van der Waals surface area contributed by atoms with Gasteiger partial charge in [-0.15, -0.1) is 11.6 Å². The largest absolute Gasteiger partial charge is 0.122 e. The minimum Gasteiger partial charge on any atom is -0.122 e. The molecule has 0 fully saturated rings. The highest BCUT2D eigenvalue weighted by Gasteiger charge is 2.08. The summed E-state index contributed by atoms with van der Waals surface area (Å²) in [6.07, 6.45) is 0. The van der Waals surface area contributed by atoms with E-state index >= 15 is 0 Å². The van der Waals surface area contributed by atoms with Crippen molar-refractivity contribution in [1.29, 1.82) is 0 Å². The summed E-state index contributed by atoms with van der Waals surface area (Å²) < 4.78 is 0. The van der Waals surface area contributed by atoms with Gasteiger partial charge in [-0.05, 0) is 30.5 Å². The molecule has 0 aromatic heterocycles. The standard InChI is InChI=1S/C13H15Cl.Si/c1-9(2)12-7-5-6-11(8-14)13(12)10(3)4;/h5-7H,1,3,8H2,2,4H3;. The predicted octanol–water partition coefficient (Wildman–Crippen LogP) is 4.11. The van der Waals surface area contributed by atoms with Gasteiger partial charge >= 0.3 is 0 Å². The van der Waals surface area contributed by atoms with Crippen molar-refractivity contribution in [3.8, 4) is 0 Å². The number of benzene rings is 1. The first-order valence-corrected chi connectivity index (χ1v) is 5.11. The zero-order chi connectivity index (χ0) is 10.7. The molecule has 1 rings (SSSR count). The molecule has 0 amide bonds. The third-order valence-corrected chi connectivity index (χ3v) is 2.47. The van der Waals surface area contributed by atoms with E-state index in [-0.39, 0.29) is 11.0 Å². The molecule has 2 heteroatoms. The first kappa shape index (κ1) is 14.2. The monoisotopic (exact) mass is 234 g/mol. The topological polar surface area (TPSA) is 0 Å². The molecule has 0 bridgehead atoms. The second-order valence-corrected chi connectivity index (χ2v) is 3.80. The van der Waals surface area contributed by atoms with E-state index in [0.717, 1.165) is 27.8 Å². The van der Waals surface area contributed by atoms with Crippen LogP contribution >= 0.6 is 11.6 Å². The number of alkyl halides is 1. The first-order valence-electron chi connectivity index (χ1n) is 4.57. The molecule has 0 atom stereocenters. The Kier molecular flexibility index (Phi) is 5.62. The molecule has 0 nitrogen and oxygen atoms in total. The van der Waals surface area contributed by atoms with Crippen LogP contribution < -0.4 is 0 Å². The maximum atomic E-state index is 5.88. The maximum absolute atomic E-state index is 5.88. The van der Waals surface area contributed by atoms with Gasteiger partial charge in [0.15, 0.2) is 0 Å². The molecule has 1 aromatic carbocycles. The Morgan fingerprint density at radius 2 is 1.80 bits per heavy atom. The smallest absolute Gasteiger partial charge is 0.0480 e. The van der Waals surface area contributed by atoms with Crippen molar-refractivity contribution in [3.05, 3.63) is 48.0 Å². The van der Waals surface area contributed by atoms with Gasteiger partial charge in [-0.1, -0.05) is 42.5 Å². The van der Waals surface area contributed by atoms with Crippen molar-refractivity contribution < 1.29 is 0 Å². The lowest BCUT2D eigenvalue weighted by molar-refractivity contribution is 1.34. The average molecular weight is 235 g/mol. The fraction of sp³-hybridized carbons (Fsp3) is 0.231. The van der Waals surface area contributed by atoms with Crippen LogP contribution in [0.1, 0.15) is 30.5 Å². The quantitative estimate of drug-likeness (QED) is 0.546. The number of hydrogen-bond acceptors (Lipinski definition) is 0. The van der Waals surface area contributed by atoms with Crippen molar-refractivity contribution in [2.24, 2.45) is 0 Å². The second kappa shape index (κ2) is 5.94. The van der Waals surface area contributed by atoms with E-state index in [1.165, 1.54) is 0 Å². The van der Waals surface area contributed by atoms with Crippen molar-refractivity contribution in [1.82, 2.24) is 0 Å². The molecule has 0 aliphatic rings. The molecule has 0 aliphatic carbocycles. The fourth-order valence-electron chi connectivity index (χ4n) is 1.57.